The Kier molecular flexibility index (Phi) is 4.82. The van der Waals surface area contributed by atoms with Gasteiger partial charge in [-0.2, -0.15) is 0 Å². The molecule has 6 heteroatoms. The van der Waals surface area contributed by atoms with Crippen LogP contribution in [0.15, 0.2) is 18.3 Å². The number of carbonyl (C=O) groups excluding carboxylic acids is 1. The minimum atomic E-state index is -0.441. The van der Waals surface area contributed by atoms with E-state index in [4.69, 9.17) is 0 Å². The molecule has 158 valence electrons. The quantitative estimate of drug-likeness (QED) is 0.812. The summed E-state index contributed by atoms with van der Waals surface area (Å²) in [6.07, 6.45) is 7.01. The van der Waals surface area contributed by atoms with Crippen LogP contribution < -0.4 is 10.2 Å². The van der Waals surface area contributed by atoms with E-state index in [2.05, 4.69) is 39.2 Å². The van der Waals surface area contributed by atoms with Gasteiger partial charge in [-0.15, -0.1) is 0 Å². The molecule has 1 aromatic heterocycles. The molecule has 0 aromatic carbocycles. The predicted molar refractivity (Wildman–Crippen MR) is 113 cm³/mol. The third-order valence-corrected chi connectivity index (χ3v) is 8.01. The maximum absolute atomic E-state index is 13.1. The minimum absolute atomic E-state index is 0.108. The number of rotatable bonds is 4. The Hall–Kier alpha value is -1.66. The number of hydrogen-bond acceptors (Lipinski definition) is 5. The van der Waals surface area contributed by atoms with Crippen molar-refractivity contribution in [3.63, 3.8) is 0 Å². The second-order valence-corrected chi connectivity index (χ2v) is 10.1. The molecule has 1 aliphatic heterocycles. The molecule has 29 heavy (non-hydrogen) atoms. The van der Waals surface area contributed by atoms with Gasteiger partial charge >= 0.3 is 0 Å². The monoisotopic (exact) mass is 398 g/mol. The SMILES string of the molecule is Cc1ccc(N2CCN(C(C)C(=O)NC3[C@@H]4CC5C[C@H]3CC(O)(C5)C4)CC2)nc1. The maximum Gasteiger partial charge on any atom is 0.237 e. The van der Waals surface area contributed by atoms with Crippen LogP contribution in [0.3, 0.4) is 0 Å². The molecular weight excluding hydrogens is 364 g/mol. The highest BCUT2D eigenvalue weighted by Gasteiger charge is 2.55. The molecule has 6 nitrogen and oxygen atoms in total. The van der Waals surface area contributed by atoms with Gasteiger partial charge in [-0.05, 0) is 75.3 Å². The number of aliphatic hydroxyl groups is 1. The Labute approximate surface area is 173 Å². The van der Waals surface area contributed by atoms with E-state index in [0.29, 0.717) is 17.8 Å². The van der Waals surface area contributed by atoms with Gasteiger partial charge in [-0.25, -0.2) is 4.98 Å². The third kappa shape index (κ3) is 3.66. The van der Waals surface area contributed by atoms with Crippen LogP contribution in [-0.2, 0) is 4.79 Å². The molecule has 0 radical (unpaired) electrons. The van der Waals surface area contributed by atoms with E-state index in [1.54, 1.807) is 0 Å². The van der Waals surface area contributed by atoms with Crippen molar-refractivity contribution in [3.8, 4) is 0 Å². The highest BCUT2D eigenvalue weighted by Crippen LogP contribution is 2.55. The zero-order chi connectivity index (χ0) is 20.2. The molecule has 4 saturated carbocycles. The zero-order valence-corrected chi connectivity index (χ0v) is 17.7. The van der Waals surface area contributed by atoms with Crippen LogP contribution in [0.25, 0.3) is 0 Å². The summed E-state index contributed by atoms with van der Waals surface area (Å²) in [4.78, 5) is 22.2. The minimum Gasteiger partial charge on any atom is -0.390 e. The standard InChI is InChI=1S/C23H34N4O2/c1-15-3-4-20(24-14-15)27-7-5-26(6-8-27)16(2)22(28)25-21-18-9-17-10-19(21)13-23(29,11-17)12-18/h3-4,14,16-19,21,29H,5-13H2,1-2H3,(H,25,28)/t16?,17?,18-,19+,21?,23?. The number of piperazine rings is 1. The summed E-state index contributed by atoms with van der Waals surface area (Å²) in [6.45, 7) is 7.65. The lowest BCUT2D eigenvalue weighted by Crippen LogP contribution is -2.63. The average Bonchev–Trinajstić information content (AvgIpc) is 2.69. The molecule has 4 bridgehead atoms. The van der Waals surface area contributed by atoms with Gasteiger partial charge in [0.25, 0.3) is 0 Å². The molecule has 1 saturated heterocycles. The largest absolute Gasteiger partial charge is 0.390 e. The summed E-state index contributed by atoms with van der Waals surface area (Å²) in [5.74, 6) is 2.79. The molecule has 1 amide bonds. The van der Waals surface area contributed by atoms with E-state index in [9.17, 15) is 9.90 Å². The highest BCUT2D eigenvalue weighted by molar-refractivity contribution is 5.81. The molecule has 0 spiro atoms. The molecular formula is C23H34N4O2. The summed E-state index contributed by atoms with van der Waals surface area (Å²) in [5, 5.41) is 14.2. The van der Waals surface area contributed by atoms with Gasteiger partial charge in [-0.3, -0.25) is 9.69 Å². The van der Waals surface area contributed by atoms with Crippen molar-refractivity contribution in [2.75, 3.05) is 31.1 Å². The number of anilines is 1. The number of carbonyl (C=O) groups is 1. The van der Waals surface area contributed by atoms with E-state index in [-0.39, 0.29) is 18.0 Å². The predicted octanol–water partition coefficient (Wildman–Crippen LogP) is 1.96. The first-order valence-electron chi connectivity index (χ1n) is 11.3. The molecule has 4 aliphatic carbocycles. The topological polar surface area (TPSA) is 68.7 Å². The van der Waals surface area contributed by atoms with Crippen LogP contribution in [0, 0.1) is 24.7 Å². The normalized spacial score (nSPS) is 37.6. The Bertz CT molecular complexity index is 743. The number of amides is 1. The van der Waals surface area contributed by atoms with Crippen LogP contribution in [0.2, 0.25) is 0 Å². The Morgan fingerprint density at radius 2 is 1.86 bits per heavy atom. The van der Waals surface area contributed by atoms with Gasteiger partial charge in [0.2, 0.25) is 5.91 Å². The fourth-order valence-electron chi connectivity index (χ4n) is 6.65. The third-order valence-electron chi connectivity index (χ3n) is 8.01. The highest BCUT2D eigenvalue weighted by atomic mass is 16.3. The van der Waals surface area contributed by atoms with Gasteiger partial charge in [0.05, 0.1) is 11.6 Å². The van der Waals surface area contributed by atoms with Crippen LogP contribution >= 0.6 is 0 Å². The Morgan fingerprint density at radius 3 is 2.45 bits per heavy atom. The van der Waals surface area contributed by atoms with Crippen LogP contribution in [0.1, 0.15) is 44.6 Å². The first kappa shape index (κ1) is 19.3. The second kappa shape index (κ2) is 7.24. The Balaban J connectivity index is 1.16. The first-order valence-corrected chi connectivity index (χ1v) is 11.3. The summed E-state index contributed by atoms with van der Waals surface area (Å²) in [5.41, 5.74) is 0.735. The van der Waals surface area contributed by atoms with E-state index in [0.717, 1.165) is 51.3 Å². The molecule has 6 atom stereocenters. The first-order chi connectivity index (χ1) is 13.9. The van der Waals surface area contributed by atoms with E-state index in [1.807, 2.05) is 13.1 Å². The second-order valence-electron chi connectivity index (χ2n) is 10.1. The molecule has 5 fully saturated rings. The van der Waals surface area contributed by atoms with Gasteiger partial charge in [0.15, 0.2) is 0 Å². The van der Waals surface area contributed by atoms with Crippen molar-refractivity contribution in [3.05, 3.63) is 23.9 Å². The van der Waals surface area contributed by atoms with Crippen molar-refractivity contribution < 1.29 is 9.90 Å². The molecule has 2 heterocycles. The number of hydrogen-bond donors (Lipinski definition) is 2. The van der Waals surface area contributed by atoms with Crippen LogP contribution in [0.4, 0.5) is 5.82 Å². The van der Waals surface area contributed by atoms with Gasteiger partial charge in [-0.1, -0.05) is 6.07 Å². The number of aromatic nitrogens is 1. The summed E-state index contributed by atoms with van der Waals surface area (Å²) < 4.78 is 0. The van der Waals surface area contributed by atoms with Crippen molar-refractivity contribution in [2.24, 2.45) is 17.8 Å². The van der Waals surface area contributed by atoms with E-state index >= 15 is 0 Å². The number of pyridine rings is 1. The maximum atomic E-state index is 13.1. The molecule has 6 rings (SSSR count). The Morgan fingerprint density at radius 1 is 1.17 bits per heavy atom. The summed E-state index contributed by atoms with van der Waals surface area (Å²) in [6, 6.07) is 4.34. The molecule has 2 N–H and O–H groups in total. The molecule has 4 unspecified atom stereocenters. The summed E-state index contributed by atoms with van der Waals surface area (Å²) in [7, 11) is 0. The average molecular weight is 399 g/mol. The van der Waals surface area contributed by atoms with Gasteiger partial charge < -0.3 is 15.3 Å². The number of aryl methyl sites for hydroxylation is 1. The fourth-order valence-corrected chi connectivity index (χ4v) is 6.65. The lowest BCUT2D eigenvalue weighted by Gasteiger charge is -2.58. The number of nitrogens with zero attached hydrogens (tertiary/aromatic N) is 3. The van der Waals surface area contributed by atoms with Crippen molar-refractivity contribution in [1.82, 2.24) is 15.2 Å². The number of nitrogens with one attached hydrogen (secondary N) is 1. The lowest BCUT2D eigenvalue weighted by molar-refractivity contribution is -0.148. The smallest absolute Gasteiger partial charge is 0.237 e. The molecule has 1 aromatic rings. The van der Waals surface area contributed by atoms with Gasteiger partial charge in [0.1, 0.15) is 5.82 Å². The fraction of sp³-hybridized carbons (Fsp3) is 0.739. The lowest BCUT2D eigenvalue weighted by atomic mass is 9.52. The van der Waals surface area contributed by atoms with Gasteiger partial charge in [0, 0.05) is 38.4 Å². The van der Waals surface area contributed by atoms with E-state index in [1.165, 1.54) is 18.4 Å². The van der Waals surface area contributed by atoms with Crippen LogP contribution in [-0.4, -0.2) is 64.8 Å². The van der Waals surface area contributed by atoms with Crippen molar-refractivity contribution in [2.45, 2.75) is 63.6 Å². The van der Waals surface area contributed by atoms with Crippen LogP contribution in [0.5, 0.6) is 0 Å². The molecule has 5 aliphatic rings. The van der Waals surface area contributed by atoms with Crippen molar-refractivity contribution in [1.29, 1.82) is 0 Å². The summed E-state index contributed by atoms with van der Waals surface area (Å²) >= 11 is 0. The van der Waals surface area contributed by atoms with Crippen molar-refractivity contribution >= 4 is 11.7 Å². The van der Waals surface area contributed by atoms with E-state index < -0.39 is 5.60 Å². The zero-order valence-electron chi connectivity index (χ0n) is 17.7.